The number of benzene rings is 2. The fraction of sp³-hybridized carbons (Fsp3) is 0.292. The lowest BCUT2D eigenvalue weighted by Gasteiger charge is -2.09. The molecule has 1 aromatic heterocycles. The lowest BCUT2D eigenvalue weighted by Crippen LogP contribution is -2.17. The molecule has 0 saturated heterocycles. The van der Waals surface area contributed by atoms with Crippen LogP contribution in [0.3, 0.4) is 0 Å². The minimum atomic E-state index is -0.183. The number of ether oxygens (including phenoxy) is 2. The molecule has 0 radical (unpaired) electrons. The molecule has 2 heterocycles. The van der Waals surface area contributed by atoms with Crippen LogP contribution in [0.25, 0.3) is 0 Å². The first-order valence-electron chi connectivity index (χ1n) is 10.4. The Hall–Kier alpha value is -3.61. The number of ketones is 1. The van der Waals surface area contributed by atoms with Crippen LogP contribution in [-0.2, 0) is 17.8 Å². The average molecular weight is 419 g/mol. The molecule has 0 saturated carbocycles. The monoisotopic (exact) mass is 419 g/mol. The highest BCUT2D eigenvalue weighted by molar-refractivity contribution is 6.12. The van der Waals surface area contributed by atoms with Crippen molar-refractivity contribution in [1.29, 1.82) is 0 Å². The molecular formula is C24H25N3O4. The number of carbonyl (C=O) groups is 2. The van der Waals surface area contributed by atoms with Crippen molar-refractivity contribution in [3.05, 3.63) is 71.7 Å². The first-order chi connectivity index (χ1) is 15.2. The van der Waals surface area contributed by atoms with Gasteiger partial charge in [-0.3, -0.25) is 9.59 Å². The van der Waals surface area contributed by atoms with Crippen LogP contribution in [0.2, 0.25) is 0 Å². The van der Waals surface area contributed by atoms with Gasteiger partial charge in [0.15, 0.2) is 5.82 Å². The second kappa shape index (κ2) is 9.47. The number of hydrogen-bond donors (Lipinski definition) is 1. The zero-order chi connectivity index (χ0) is 21.6. The Labute approximate surface area is 181 Å². The largest absolute Gasteiger partial charge is 0.497 e. The van der Waals surface area contributed by atoms with Crippen molar-refractivity contribution in [1.82, 2.24) is 9.55 Å². The number of aromatic nitrogens is 2. The van der Waals surface area contributed by atoms with Crippen LogP contribution in [-0.4, -0.2) is 35.0 Å². The fourth-order valence-corrected chi connectivity index (χ4v) is 3.66. The average Bonchev–Trinajstić information content (AvgIpc) is 3.38. The Bertz CT molecular complexity index is 1060. The van der Waals surface area contributed by atoms with E-state index in [1.54, 1.807) is 31.4 Å². The molecule has 7 nitrogen and oxygen atoms in total. The standard InChI is InChI=1S/C24H25N3O4/c1-30-18-13-11-17(12-14-18)23(29)22-24(25-20-9-5-15-27(20)22)26-21(28)10-6-16-31-19-7-3-2-4-8-19/h2-4,7-8,11-14H,5-6,9-10,15-16H2,1H3,(H,26,28). The molecular weight excluding hydrogens is 394 g/mol. The van der Waals surface area contributed by atoms with E-state index >= 15 is 0 Å². The molecule has 4 rings (SSSR count). The number of nitrogens with zero attached hydrogens (tertiary/aromatic N) is 2. The molecule has 0 spiro atoms. The first kappa shape index (κ1) is 20.7. The van der Waals surface area contributed by atoms with Gasteiger partial charge in [0.25, 0.3) is 0 Å². The van der Waals surface area contributed by atoms with E-state index in [1.165, 1.54) is 0 Å². The number of hydrogen-bond acceptors (Lipinski definition) is 5. The molecule has 0 aliphatic carbocycles. The highest BCUT2D eigenvalue weighted by Gasteiger charge is 2.27. The van der Waals surface area contributed by atoms with Gasteiger partial charge in [-0.25, -0.2) is 4.98 Å². The Morgan fingerprint density at radius 1 is 1.06 bits per heavy atom. The zero-order valence-electron chi connectivity index (χ0n) is 17.5. The third-order valence-corrected chi connectivity index (χ3v) is 5.21. The van der Waals surface area contributed by atoms with Gasteiger partial charge < -0.3 is 19.4 Å². The van der Waals surface area contributed by atoms with Gasteiger partial charge in [0, 0.05) is 24.9 Å². The molecule has 2 aromatic carbocycles. The van der Waals surface area contributed by atoms with E-state index in [9.17, 15) is 9.59 Å². The van der Waals surface area contributed by atoms with Gasteiger partial charge in [-0.1, -0.05) is 18.2 Å². The van der Waals surface area contributed by atoms with Crippen LogP contribution >= 0.6 is 0 Å². The van der Waals surface area contributed by atoms with Crippen molar-refractivity contribution in [2.75, 3.05) is 19.0 Å². The number of nitrogens with one attached hydrogen (secondary N) is 1. The maximum atomic E-state index is 13.2. The summed E-state index contributed by atoms with van der Waals surface area (Å²) < 4.78 is 12.7. The number of rotatable bonds is 9. The van der Waals surface area contributed by atoms with E-state index in [4.69, 9.17) is 9.47 Å². The molecule has 160 valence electrons. The van der Waals surface area contributed by atoms with Crippen molar-refractivity contribution in [3.8, 4) is 11.5 Å². The van der Waals surface area contributed by atoms with Gasteiger partial charge in [0.05, 0.1) is 13.7 Å². The Morgan fingerprint density at radius 2 is 1.84 bits per heavy atom. The minimum Gasteiger partial charge on any atom is -0.497 e. The lowest BCUT2D eigenvalue weighted by atomic mass is 10.1. The Kier molecular flexibility index (Phi) is 6.31. The van der Waals surface area contributed by atoms with Crippen molar-refractivity contribution >= 4 is 17.5 Å². The van der Waals surface area contributed by atoms with Crippen molar-refractivity contribution < 1.29 is 19.1 Å². The van der Waals surface area contributed by atoms with Crippen LogP contribution in [0.5, 0.6) is 11.5 Å². The molecule has 3 aromatic rings. The third-order valence-electron chi connectivity index (χ3n) is 5.21. The summed E-state index contributed by atoms with van der Waals surface area (Å²) in [6.07, 6.45) is 2.58. The molecule has 0 bridgehead atoms. The first-order valence-corrected chi connectivity index (χ1v) is 10.4. The number of para-hydroxylation sites is 1. The molecule has 0 atom stereocenters. The molecule has 0 unspecified atom stereocenters. The molecule has 1 amide bonds. The van der Waals surface area contributed by atoms with E-state index in [1.807, 2.05) is 34.9 Å². The number of fused-ring (bicyclic) bond motifs is 1. The molecule has 1 N–H and O–H groups in total. The van der Waals surface area contributed by atoms with Crippen molar-refractivity contribution in [3.63, 3.8) is 0 Å². The van der Waals surface area contributed by atoms with Crippen LogP contribution in [0.1, 0.15) is 41.1 Å². The summed E-state index contributed by atoms with van der Waals surface area (Å²) in [5.41, 5.74) is 0.966. The summed E-state index contributed by atoms with van der Waals surface area (Å²) in [4.78, 5) is 30.3. The summed E-state index contributed by atoms with van der Waals surface area (Å²) in [6.45, 7) is 1.16. The maximum Gasteiger partial charge on any atom is 0.225 e. The van der Waals surface area contributed by atoms with Crippen LogP contribution in [0, 0.1) is 0 Å². The molecule has 1 aliphatic heterocycles. The highest BCUT2D eigenvalue weighted by atomic mass is 16.5. The van der Waals surface area contributed by atoms with Crippen molar-refractivity contribution in [2.24, 2.45) is 0 Å². The number of aryl methyl sites for hydroxylation is 1. The van der Waals surface area contributed by atoms with Gasteiger partial charge >= 0.3 is 0 Å². The number of anilines is 1. The molecule has 1 aliphatic rings. The van der Waals surface area contributed by atoms with Crippen LogP contribution in [0.15, 0.2) is 54.6 Å². The quantitative estimate of drug-likeness (QED) is 0.421. The van der Waals surface area contributed by atoms with E-state index in [0.29, 0.717) is 35.9 Å². The van der Waals surface area contributed by atoms with Gasteiger partial charge in [-0.15, -0.1) is 0 Å². The minimum absolute atomic E-state index is 0.161. The zero-order valence-corrected chi connectivity index (χ0v) is 17.5. The number of methoxy groups -OCH3 is 1. The lowest BCUT2D eigenvalue weighted by molar-refractivity contribution is -0.116. The molecule has 7 heteroatoms. The number of amides is 1. The van der Waals surface area contributed by atoms with E-state index in [0.717, 1.165) is 31.0 Å². The van der Waals surface area contributed by atoms with Gasteiger partial charge in [0.2, 0.25) is 11.7 Å². The number of imidazole rings is 1. The van der Waals surface area contributed by atoms with E-state index in [2.05, 4.69) is 10.3 Å². The Balaban J connectivity index is 1.42. The maximum absolute atomic E-state index is 13.2. The van der Waals surface area contributed by atoms with Gasteiger partial charge in [-0.2, -0.15) is 0 Å². The summed E-state index contributed by atoms with van der Waals surface area (Å²) in [5.74, 6) is 2.29. The van der Waals surface area contributed by atoms with Crippen molar-refractivity contribution in [2.45, 2.75) is 32.2 Å². The van der Waals surface area contributed by atoms with E-state index in [-0.39, 0.29) is 18.1 Å². The van der Waals surface area contributed by atoms with Gasteiger partial charge in [0.1, 0.15) is 23.0 Å². The molecule has 31 heavy (non-hydrogen) atoms. The SMILES string of the molecule is COc1ccc(C(=O)c2c(NC(=O)CCCOc3ccccc3)nc3n2CCC3)cc1. The predicted octanol–water partition coefficient (Wildman–Crippen LogP) is 3.87. The predicted molar refractivity (Wildman–Crippen MR) is 117 cm³/mol. The van der Waals surface area contributed by atoms with Gasteiger partial charge in [-0.05, 0) is 49.2 Å². The number of carbonyl (C=O) groups excluding carboxylic acids is 2. The topological polar surface area (TPSA) is 82.4 Å². The normalized spacial score (nSPS) is 12.3. The smallest absolute Gasteiger partial charge is 0.225 e. The summed E-state index contributed by atoms with van der Waals surface area (Å²) >= 11 is 0. The fourth-order valence-electron chi connectivity index (χ4n) is 3.66. The summed E-state index contributed by atoms with van der Waals surface area (Å²) in [7, 11) is 1.58. The summed E-state index contributed by atoms with van der Waals surface area (Å²) in [6, 6.07) is 16.4. The summed E-state index contributed by atoms with van der Waals surface area (Å²) in [5, 5.41) is 2.84. The second-order valence-corrected chi connectivity index (χ2v) is 7.35. The Morgan fingerprint density at radius 3 is 2.58 bits per heavy atom. The molecule has 0 fully saturated rings. The second-order valence-electron chi connectivity index (χ2n) is 7.35. The van der Waals surface area contributed by atoms with E-state index < -0.39 is 0 Å². The highest BCUT2D eigenvalue weighted by Crippen LogP contribution is 2.27. The van der Waals surface area contributed by atoms with Crippen LogP contribution < -0.4 is 14.8 Å². The van der Waals surface area contributed by atoms with Crippen LogP contribution in [0.4, 0.5) is 5.82 Å². The third kappa shape index (κ3) is 4.77.